The van der Waals surface area contributed by atoms with Gasteiger partial charge in [0.25, 0.3) is 9.05 Å². The summed E-state index contributed by atoms with van der Waals surface area (Å²) in [5.41, 5.74) is 2.04. The maximum atomic E-state index is 12.9. The molecule has 0 N–H and O–H groups in total. The lowest BCUT2D eigenvalue weighted by atomic mass is 10.1. The fraction of sp³-hybridized carbons (Fsp3) is 0. The Labute approximate surface area is 148 Å². The van der Waals surface area contributed by atoms with Gasteiger partial charge in [-0.3, -0.25) is 4.79 Å². The van der Waals surface area contributed by atoms with Crippen molar-refractivity contribution in [1.29, 1.82) is 0 Å². The predicted octanol–water partition coefficient (Wildman–Crippen LogP) is 4.07. The highest BCUT2D eigenvalue weighted by Gasteiger charge is 2.16. The number of rotatable bonds is 2. The van der Waals surface area contributed by atoms with E-state index in [0.29, 0.717) is 16.3 Å². The molecule has 1 aromatic heterocycles. The van der Waals surface area contributed by atoms with Crippen LogP contribution in [0.3, 0.4) is 0 Å². The number of aromatic nitrogens is 1. The number of fused-ring (bicyclic) bond motifs is 2. The summed E-state index contributed by atoms with van der Waals surface area (Å²) in [6.45, 7) is 0. The molecule has 124 valence electrons. The number of halogens is 1. The second kappa shape index (κ2) is 5.72. The maximum absolute atomic E-state index is 12.9. The van der Waals surface area contributed by atoms with Gasteiger partial charge in [-0.25, -0.2) is 8.42 Å². The molecular weight excluding hydrogens is 358 g/mol. The molecule has 0 aliphatic heterocycles. The molecule has 0 aliphatic carbocycles. The monoisotopic (exact) mass is 369 g/mol. The summed E-state index contributed by atoms with van der Waals surface area (Å²) >= 11 is 0. The van der Waals surface area contributed by atoms with Crippen LogP contribution in [0.2, 0.25) is 0 Å². The molecule has 4 rings (SSSR count). The van der Waals surface area contributed by atoms with Gasteiger partial charge in [0, 0.05) is 27.1 Å². The zero-order chi connectivity index (χ0) is 17.6. The number of benzene rings is 3. The average Bonchev–Trinajstić information content (AvgIpc) is 2.62. The number of hydrogen-bond acceptors (Lipinski definition) is 3. The van der Waals surface area contributed by atoms with E-state index in [1.165, 1.54) is 12.1 Å². The van der Waals surface area contributed by atoms with Crippen LogP contribution in [0.1, 0.15) is 0 Å². The lowest BCUT2D eigenvalue weighted by molar-refractivity contribution is 0.609. The van der Waals surface area contributed by atoms with E-state index in [-0.39, 0.29) is 10.3 Å². The van der Waals surface area contributed by atoms with E-state index in [2.05, 4.69) is 0 Å². The van der Waals surface area contributed by atoms with Crippen molar-refractivity contribution in [3.63, 3.8) is 0 Å². The van der Waals surface area contributed by atoms with Crippen LogP contribution in [0.25, 0.3) is 27.5 Å². The normalized spacial score (nSPS) is 11.9. The molecule has 0 spiro atoms. The maximum Gasteiger partial charge on any atom is 0.261 e. The van der Waals surface area contributed by atoms with Gasteiger partial charge < -0.3 is 4.57 Å². The SMILES string of the molecule is O=c1c2ccccc2n(-c2ccccc2)c2ccc(S(=O)(=O)Cl)cc12. The van der Waals surface area contributed by atoms with E-state index in [1.807, 2.05) is 47.0 Å². The molecule has 0 fully saturated rings. The molecule has 0 atom stereocenters. The summed E-state index contributed by atoms with van der Waals surface area (Å²) in [6, 6.07) is 21.2. The molecule has 0 saturated heterocycles. The van der Waals surface area contributed by atoms with Gasteiger partial charge in [0.15, 0.2) is 5.43 Å². The summed E-state index contributed by atoms with van der Waals surface area (Å²) in [5.74, 6) is 0. The third kappa shape index (κ3) is 2.62. The molecule has 3 aromatic carbocycles. The smallest absolute Gasteiger partial charge is 0.261 e. The van der Waals surface area contributed by atoms with Crippen LogP contribution in [0.15, 0.2) is 82.5 Å². The van der Waals surface area contributed by atoms with Crippen molar-refractivity contribution < 1.29 is 8.42 Å². The molecule has 0 saturated carbocycles. The Bertz CT molecular complexity index is 1280. The third-order valence-corrected chi connectivity index (χ3v) is 5.49. The molecule has 0 unspecified atom stereocenters. The Morgan fingerprint density at radius 1 is 0.760 bits per heavy atom. The van der Waals surface area contributed by atoms with Crippen LogP contribution >= 0.6 is 10.7 Å². The van der Waals surface area contributed by atoms with Gasteiger partial charge in [0.2, 0.25) is 0 Å². The third-order valence-electron chi connectivity index (χ3n) is 4.14. The van der Waals surface area contributed by atoms with E-state index in [9.17, 15) is 13.2 Å². The first-order valence-electron chi connectivity index (χ1n) is 7.54. The van der Waals surface area contributed by atoms with Gasteiger partial charge in [-0.15, -0.1) is 0 Å². The predicted molar refractivity (Wildman–Crippen MR) is 100 cm³/mol. The van der Waals surface area contributed by atoms with E-state index < -0.39 is 9.05 Å². The van der Waals surface area contributed by atoms with Crippen molar-refractivity contribution in [2.24, 2.45) is 0 Å². The van der Waals surface area contributed by atoms with Crippen LogP contribution < -0.4 is 5.43 Å². The van der Waals surface area contributed by atoms with Gasteiger partial charge >= 0.3 is 0 Å². The molecule has 4 aromatic rings. The van der Waals surface area contributed by atoms with Crippen LogP contribution in [-0.2, 0) is 9.05 Å². The van der Waals surface area contributed by atoms with E-state index in [4.69, 9.17) is 10.7 Å². The Hall–Kier alpha value is -2.63. The minimum Gasteiger partial charge on any atom is -0.309 e. The highest BCUT2D eigenvalue weighted by Crippen LogP contribution is 2.26. The fourth-order valence-corrected chi connectivity index (χ4v) is 3.81. The van der Waals surface area contributed by atoms with Gasteiger partial charge in [0.1, 0.15) is 0 Å². The largest absolute Gasteiger partial charge is 0.309 e. The zero-order valence-electron chi connectivity index (χ0n) is 12.9. The van der Waals surface area contributed by atoms with Crippen LogP contribution in [-0.4, -0.2) is 13.0 Å². The zero-order valence-corrected chi connectivity index (χ0v) is 14.5. The molecule has 25 heavy (non-hydrogen) atoms. The Morgan fingerprint density at radius 3 is 2.12 bits per heavy atom. The molecule has 0 aliphatic rings. The summed E-state index contributed by atoms with van der Waals surface area (Å²) in [5, 5.41) is 0.826. The minimum absolute atomic E-state index is 0.0892. The van der Waals surface area contributed by atoms with Crippen LogP contribution in [0, 0.1) is 0 Å². The molecule has 6 heteroatoms. The lowest BCUT2D eigenvalue weighted by Gasteiger charge is -2.15. The summed E-state index contributed by atoms with van der Waals surface area (Å²) in [6.07, 6.45) is 0. The minimum atomic E-state index is -3.92. The summed E-state index contributed by atoms with van der Waals surface area (Å²) < 4.78 is 25.3. The fourth-order valence-electron chi connectivity index (χ4n) is 3.03. The highest BCUT2D eigenvalue weighted by atomic mass is 35.7. The molecular formula is C19H12ClNO3S. The van der Waals surface area contributed by atoms with E-state index >= 15 is 0 Å². The quantitative estimate of drug-likeness (QED) is 0.395. The molecule has 0 amide bonds. The van der Waals surface area contributed by atoms with Gasteiger partial charge in [-0.05, 0) is 42.5 Å². The van der Waals surface area contributed by atoms with Crippen molar-refractivity contribution >= 4 is 41.5 Å². The van der Waals surface area contributed by atoms with Crippen LogP contribution in [0.4, 0.5) is 0 Å². The topological polar surface area (TPSA) is 56.1 Å². The van der Waals surface area contributed by atoms with Crippen LogP contribution in [0.5, 0.6) is 0 Å². The first-order chi connectivity index (χ1) is 12.0. The number of pyridine rings is 1. The highest BCUT2D eigenvalue weighted by molar-refractivity contribution is 8.13. The first-order valence-corrected chi connectivity index (χ1v) is 9.85. The average molecular weight is 370 g/mol. The van der Waals surface area contributed by atoms with E-state index in [1.54, 1.807) is 18.2 Å². The summed E-state index contributed by atoms with van der Waals surface area (Å²) in [4.78, 5) is 12.8. The van der Waals surface area contributed by atoms with Crippen molar-refractivity contribution in [3.8, 4) is 5.69 Å². The van der Waals surface area contributed by atoms with Crippen molar-refractivity contribution in [3.05, 3.63) is 83.0 Å². The van der Waals surface area contributed by atoms with Gasteiger partial charge in [-0.1, -0.05) is 30.3 Å². The lowest BCUT2D eigenvalue weighted by Crippen LogP contribution is -2.11. The van der Waals surface area contributed by atoms with Crippen molar-refractivity contribution in [2.45, 2.75) is 4.90 Å². The second-order valence-electron chi connectivity index (χ2n) is 5.63. The first kappa shape index (κ1) is 15.9. The Balaban J connectivity index is 2.25. The Kier molecular flexibility index (Phi) is 3.63. The second-order valence-corrected chi connectivity index (χ2v) is 8.20. The number of para-hydroxylation sites is 2. The molecule has 1 heterocycles. The summed E-state index contributed by atoms with van der Waals surface area (Å²) in [7, 11) is 1.53. The standard InChI is InChI=1S/C19H12ClNO3S/c20-25(23,24)14-10-11-18-16(12-14)19(22)15-8-4-5-9-17(15)21(18)13-6-2-1-3-7-13/h1-12H. The van der Waals surface area contributed by atoms with Crippen molar-refractivity contribution in [2.75, 3.05) is 0 Å². The molecule has 4 nitrogen and oxygen atoms in total. The van der Waals surface area contributed by atoms with Crippen molar-refractivity contribution in [1.82, 2.24) is 4.57 Å². The number of hydrogen-bond donors (Lipinski definition) is 0. The van der Waals surface area contributed by atoms with Gasteiger partial charge in [0.05, 0.1) is 15.9 Å². The van der Waals surface area contributed by atoms with E-state index in [0.717, 1.165) is 11.2 Å². The number of nitrogens with zero attached hydrogens (tertiary/aromatic N) is 1. The molecule has 0 radical (unpaired) electrons. The van der Waals surface area contributed by atoms with Gasteiger partial charge in [-0.2, -0.15) is 0 Å². The molecule has 0 bridgehead atoms. The Morgan fingerprint density at radius 2 is 1.40 bits per heavy atom.